The molecular formula is C26H31FN4O2. The van der Waals surface area contributed by atoms with Crippen molar-refractivity contribution in [3.63, 3.8) is 0 Å². The van der Waals surface area contributed by atoms with Crippen LogP contribution in [0.25, 0.3) is 11.4 Å². The standard InChI is InChI=1S/C26H31FN4O2/c1-26(2,3)21-8-6-19(7-9-21)24-29-23(33-30-24)17-31-14-12-20(13-15-31)25(32)28-16-18-4-10-22(27)11-5-18/h4-11,20H,12-17H2,1-3H3,(H,28,32). The molecule has 0 spiro atoms. The molecule has 0 saturated carbocycles. The Labute approximate surface area is 194 Å². The van der Waals surface area contributed by atoms with Gasteiger partial charge in [-0.2, -0.15) is 4.98 Å². The first-order chi connectivity index (χ1) is 15.8. The maximum absolute atomic E-state index is 13.0. The van der Waals surface area contributed by atoms with Crippen LogP contribution in [0.4, 0.5) is 4.39 Å². The van der Waals surface area contributed by atoms with Crippen molar-refractivity contribution in [3.05, 3.63) is 71.4 Å². The van der Waals surface area contributed by atoms with E-state index in [0.29, 0.717) is 24.8 Å². The van der Waals surface area contributed by atoms with Crippen LogP contribution in [0, 0.1) is 11.7 Å². The Balaban J connectivity index is 1.25. The van der Waals surface area contributed by atoms with Crippen molar-refractivity contribution in [2.75, 3.05) is 13.1 Å². The van der Waals surface area contributed by atoms with Gasteiger partial charge in [-0.25, -0.2) is 4.39 Å². The zero-order valence-electron chi connectivity index (χ0n) is 19.5. The van der Waals surface area contributed by atoms with E-state index in [1.165, 1.54) is 17.7 Å². The maximum atomic E-state index is 13.0. The fourth-order valence-corrected chi connectivity index (χ4v) is 4.04. The topological polar surface area (TPSA) is 71.3 Å². The summed E-state index contributed by atoms with van der Waals surface area (Å²) in [6.07, 6.45) is 1.56. The van der Waals surface area contributed by atoms with Gasteiger partial charge >= 0.3 is 0 Å². The summed E-state index contributed by atoms with van der Waals surface area (Å²) < 4.78 is 18.5. The van der Waals surface area contributed by atoms with E-state index in [1.807, 2.05) is 12.1 Å². The number of nitrogens with zero attached hydrogens (tertiary/aromatic N) is 3. The Morgan fingerprint density at radius 1 is 1.09 bits per heavy atom. The van der Waals surface area contributed by atoms with E-state index in [9.17, 15) is 9.18 Å². The van der Waals surface area contributed by atoms with Crippen LogP contribution in [0.3, 0.4) is 0 Å². The minimum atomic E-state index is -0.274. The zero-order valence-corrected chi connectivity index (χ0v) is 19.5. The number of carbonyl (C=O) groups excluding carboxylic acids is 1. The Bertz CT molecular complexity index is 1060. The highest BCUT2D eigenvalue weighted by Gasteiger charge is 2.26. The van der Waals surface area contributed by atoms with Gasteiger partial charge in [-0.3, -0.25) is 9.69 Å². The summed E-state index contributed by atoms with van der Waals surface area (Å²) in [7, 11) is 0. The lowest BCUT2D eigenvalue weighted by Gasteiger charge is -2.30. The van der Waals surface area contributed by atoms with E-state index >= 15 is 0 Å². The molecule has 0 radical (unpaired) electrons. The number of hydrogen-bond donors (Lipinski definition) is 1. The van der Waals surface area contributed by atoms with Gasteiger partial charge in [0.2, 0.25) is 17.6 Å². The predicted molar refractivity (Wildman–Crippen MR) is 125 cm³/mol. The van der Waals surface area contributed by atoms with Gasteiger partial charge in [0.1, 0.15) is 5.82 Å². The average molecular weight is 451 g/mol. The molecule has 0 aliphatic carbocycles. The molecule has 1 aliphatic heterocycles. The Hall–Kier alpha value is -3.06. The summed E-state index contributed by atoms with van der Waals surface area (Å²) in [5.74, 6) is 0.952. The second-order valence-corrected chi connectivity index (χ2v) is 9.73. The molecule has 1 N–H and O–H groups in total. The molecule has 1 amide bonds. The first-order valence-corrected chi connectivity index (χ1v) is 11.5. The number of aromatic nitrogens is 2. The summed E-state index contributed by atoms with van der Waals surface area (Å²) in [6.45, 7) is 9.16. The highest BCUT2D eigenvalue weighted by molar-refractivity contribution is 5.78. The van der Waals surface area contributed by atoms with Crippen LogP contribution in [-0.2, 0) is 23.3 Å². The van der Waals surface area contributed by atoms with Crippen LogP contribution in [0.5, 0.6) is 0 Å². The first kappa shape index (κ1) is 23.1. The molecule has 7 heteroatoms. The van der Waals surface area contributed by atoms with E-state index in [4.69, 9.17) is 4.52 Å². The summed E-state index contributed by atoms with van der Waals surface area (Å²) in [4.78, 5) is 19.3. The molecule has 1 saturated heterocycles. The SMILES string of the molecule is CC(C)(C)c1ccc(-c2noc(CN3CCC(C(=O)NCc4ccc(F)cc4)CC3)n2)cc1. The summed E-state index contributed by atoms with van der Waals surface area (Å²) >= 11 is 0. The monoisotopic (exact) mass is 450 g/mol. The minimum absolute atomic E-state index is 0.0127. The molecule has 2 heterocycles. The molecule has 0 bridgehead atoms. The summed E-state index contributed by atoms with van der Waals surface area (Å²) in [6, 6.07) is 14.5. The molecule has 0 atom stereocenters. The zero-order chi connectivity index (χ0) is 23.4. The van der Waals surface area contributed by atoms with Crippen molar-refractivity contribution in [1.82, 2.24) is 20.4 Å². The van der Waals surface area contributed by atoms with E-state index in [-0.39, 0.29) is 23.1 Å². The van der Waals surface area contributed by atoms with E-state index in [1.54, 1.807) is 12.1 Å². The highest BCUT2D eigenvalue weighted by atomic mass is 19.1. The van der Waals surface area contributed by atoms with Crippen molar-refractivity contribution in [1.29, 1.82) is 0 Å². The number of benzene rings is 2. The molecule has 0 unspecified atom stereocenters. The third kappa shape index (κ3) is 6.05. The molecule has 4 rings (SSSR count). The van der Waals surface area contributed by atoms with Crippen LogP contribution in [0.15, 0.2) is 53.1 Å². The van der Waals surface area contributed by atoms with Crippen molar-refractivity contribution >= 4 is 5.91 Å². The van der Waals surface area contributed by atoms with Gasteiger partial charge in [0.15, 0.2) is 0 Å². The number of piperidine rings is 1. The van der Waals surface area contributed by atoms with Crippen LogP contribution in [0.2, 0.25) is 0 Å². The molecule has 33 heavy (non-hydrogen) atoms. The Kier molecular flexibility index (Phi) is 6.88. The second-order valence-electron chi connectivity index (χ2n) is 9.73. The van der Waals surface area contributed by atoms with E-state index in [0.717, 1.165) is 37.1 Å². The van der Waals surface area contributed by atoms with Crippen LogP contribution in [-0.4, -0.2) is 34.0 Å². The number of hydrogen-bond acceptors (Lipinski definition) is 5. The van der Waals surface area contributed by atoms with Gasteiger partial charge in [-0.15, -0.1) is 0 Å². The van der Waals surface area contributed by atoms with Gasteiger partial charge in [-0.1, -0.05) is 62.3 Å². The number of likely N-dealkylation sites (tertiary alicyclic amines) is 1. The maximum Gasteiger partial charge on any atom is 0.241 e. The number of amides is 1. The largest absolute Gasteiger partial charge is 0.352 e. The summed E-state index contributed by atoms with van der Waals surface area (Å²) in [5, 5.41) is 7.11. The first-order valence-electron chi connectivity index (χ1n) is 11.5. The molecule has 1 fully saturated rings. The molecule has 6 nitrogen and oxygen atoms in total. The third-order valence-corrected chi connectivity index (χ3v) is 6.17. The van der Waals surface area contributed by atoms with Crippen LogP contribution >= 0.6 is 0 Å². The third-order valence-electron chi connectivity index (χ3n) is 6.17. The molecular weight excluding hydrogens is 419 g/mol. The average Bonchev–Trinajstić information content (AvgIpc) is 3.27. The Morgan fingerprint density at radius 2 is 1.76 bits per heavy atom. The van der Waals surface area contributed by atoms with Gasteiger partial charge in [0, 0.05) is 18.0 Å². The predicted octanol–water partition coefficient (Wildman–Crippen LogP) is 4.70. The quantitative estimate of drug-likeness (QED) is 0.589. The fourth-order valence-electron chi connectivity index (χ4n) is 4.04. The summed E-state index contributed by atoms with van der Waals surface area (Å²) in [5.41, 5.74) is 3.20. The molecule has 1 aromatic heterocycles. The number of halogens is 1. The van der Waals surface area contributed by atoms with E-state index < -0.39 is 0 Å². The number of carbonyl (C=O) groups is 1. The number of nitrogens with one attached hydrogen (secondary N) is 1. The fraction of sp³-hybridized carbons (Fsp3) is 0.423. The van der Waals surface area contributed by atoms with Gasteiger partial charge < -0.3 is 9.84 Å². The lowest BCUT2D eigenvalue weighted by atomic mass is 9.87. The van der Waals surface area contributed by atoms with Crippen molar-refractivity contribution in [3.8, 4) is 11.4 Å². The highest BCUT2D eigenvalue weighted by Crippen LogP contribution is 2.25. The van der Waals surface area contributed by atoms with Crippen LogP contribution in [0.1, 0.15) is 50.6 Å². The molecule has 3 aromatic rings. The second kappa shape index (κ2) is 9.83. The normalized spacial score (nSPS) is 15.5. The van der Waals surface area contributed by atoms with Crippen LogP contribution < -0.4 is 5.32 Å². The molecule has 174 valence electrons. The minimum Gasteiger partial charge on any atom is -0.352 e. The van der Waals surface area contributed by atoms with E-state index in [2.05, 4.69) is 53.3 Å². The van der Waals surface area contributed by atoms with Gasteiger partial charge in [-0.05, 0) is 54.6 Å². The number of rotatable bonds is 6. The molecule has 1 aliphatic rings. The van der Waals surface area contributed by atoms with Gasteiger partial charge in [0.05, 0.1) is 6.54 Å². The molecule has 2 aromatic carbocycles. The van der Waals surface area contributed by atoms with Gasteiger partial charge in [0.25, 0.3) is 0 Å². The van der Waals surface area contributed by atoms with Crippen molar-refractivity contribution in [2.45, 2.75) is 52.1 Å². The smallest absolute Gasteiger partial charge is 0.241 e. The lowest BCUT2D eigenvalue weighted by Crippen LogP contribution is -2.40. The van der Waals surface area contributed by atoms with Crippen molar-refractivity contribution < 1.29 is 13.7 Å². The Morgan fingerprint density at radius 3 is 2.39 bits per heavy atom. The lowest BCUT2D eigenvalue weighted by molar-refractivity contribution is -0.126. The van der Waals surface area contributed by atoms with Crippen molar-refractivity contribution in [2.24, 2.45) is 5.92 Å².